The van der Waals surface area contributed by atoms with Gasteiger partial charge in [0.2, 0.25) is 5.91 Å². The summed E-state index contributed by atoms with van der Waals surface area (Å²) in [5.74, 6) is 1.19. The molecule has 0 saturated carbocycles. The van der Waals surface area contributed by atoms with E-state index < -0.39 is 0 Å². The first-order valence-electron chi connectivity index (χ1n) is 10.3. The fourth-order valence-electron chi connectivity index (χ4n) is 4.33. The molecule has 0 atom stereocenters. The van der Waals surface area contributed by atoms with Gasteiger partial charge in [-0.15, -0.1) is 0 Å². The molecule has 0 spiro atoms. The van der Waals surface area contributed by atoms with Crippen LogP contribution in [0, 0.1) is 0 Å². The highest BCUT2D eigenvalue weighted by Gasteiger charge is 2.22. The Bertz CT molecular complexity index is 1040. The molecule has 0 N–H and O–H groups in total. The fourth-order valence-corrected chi connectivity index (χ4v) is 4.33. The second kappa shape index (κ2) is 7.84. The van der Waals surface area contributed by atoms with Gasteiger partial charge in [-0.3, -0.25) is 14.7 Å². The second-order valence-electron chi connectivity index (χ2n) is 7.87. The highest BCUT2D eigenvalue weighted by atomic mass is 16.5. The first-order chi connectivity index (χ1) is 14.3. The van der Waals surface area contributed by atoms with Crippen LogP contribution in [0.25, 0.3) is 10.9 Å². The van der Waals surface area contributed by atoms with E-state index in [2.05, 4.69) is 40.2 Å². The van der Waals surface area contributed by atoms with Crippen molar-refractivity contribution in [3.63, 3.8) is 0 Å². The lowest BCUT2D eigenvalue weighted by Gasteiger charge is -2.35. The number of benzene rings is 2. The highest BCUT2D eigenvalue weighted by Crippen LogP contribution is 2.26. The van der Waals surface area contributed by atoms with E-state index >= 15 is 0 Å². The molecule has 1 amide bonds. The fraction of sp³-hybridized carbons (Fsp3) is 0.333. The summed E-state index contributed by atoms with van der Waals surface area (Å²) in [6.07, 6.45) is 3.27. The van der Waals surface area contributed by atoms with Crippen LogP contribution in [-0.2, 0) is 24.2 Å². The third-order valence-corrected chi connectivity index (χ3v) is 5.94. The van der Waals surface area contributed by atoms with Crippen molar-refractivity contribution in [2.24, 2.45) is 0 Å². The van der Waals surface area contributed by atoms with Crippen molar-refractivity contribution in [2.75, 3.05) is 32.8 Å². The van der Waals surface area contributed by atoms with Crippen molar-refractivity contribution >= 4 is 16.8 Å². The third kappa shape index (κ3) is 3.83. The molecule has 3 aromatic rings. The average molecular weight is 387 g/mol. The summed E-state index contributed by atoms with van der Waals surface area (Å²) in [6, 6.07) is 16.6. The average Bonchev–Trinajstić information content (AvgIpc) is 3.22. The minimum atomic E-state index is 0.218. The molecule has 5 heteroatoms. The van der Waals surface area contributed by atoms with E-state index in [0.717, 1.165) is 62.6 Å². The molecular formula is C24H25N3O2. The molecular weight excluding hydrogens is 362 g/mol. The molecule has 148 valence electrons. The molecule has 1 fully saturated rings. The normalized spacial score (nSPS) is 16.6. The molecule has 29 heavy (non-hydrogen) atoms. The Morgan fingerprint density at radius 3 is 2.79 bits per heavy atom. The van der Waals surface area contributed by atoms with Crippen LogP contribution in [-0.4, -0.2) is 53.5 Å². The number of hydrogen-bond acceptors (Lipinski definition) is 4. The van der Waals surface area contributed by atoms with Crippen LogP contribution in [0.1, 0.15) is 16.7 Å². The van der Waals surface area contributed by atoms with E-state index in [1.54, 1.807) is 0 Å². The number of nitrogens with zero attached hydrogens (tertiary/aromatic N) is 3. The van der Waals surface area contributed by atoms with Crippen LogP contribution < -0.4 is 4.74 Å². The SMILES string of the molecule is O=C(Cc1ccc2c(c1)CCO2)N1CCN(Cc2cccc3cccnc23)CC1. The van der Waals surface area contributed by atoms with E-state index in [0.29, 0.717) is 6.42 Å². The number of piperazine rings is 1. The van der Waals surface area contributed by atoms with E-state index in [9.17, 15) is 4.79 Å². The van der Waals surface area contributed by atoms with Gasteiger partial charge in [-0.1, -0.05) is 36.4 Å². The zero-order chi connectivity index (χ0) is 19.6. The number of amides is 1. The lowest BCUT2D eigenvalue weighted by Crippen LogP contribution is -2.48. The lowest BCUT2D eigenvalue weighted by atomic mass is 10.1. The van der Waals surface area contributed by atoms with Crippen LogP contribution in [0.3, 0.4) is 0 Å². The molecule has 0 unspecified atom stereocenters. The Morgan fingerprint density at radius 1 is 1.03 bits per heavy atom. The van der Waals surface area contributed by atoms with E-state index in [-0.39, 0.29) is 5.91 Å². The van der Waals surface area contributed by atoms with Gasteiger partial charge in [0.05, 0.1) is 18.5 Å². The molecule has 5 rings (SSSR count). The molecule has 5 nitrogen and oxygen atoms in total. The number of carbonyl (C=O) groups excluding carboxylic acids is 1. The number of ether oxygens (including phenoxy) is 1. The van der Waals surface area contributed by atoms with Crippen molar-refractivity contribution < 1.29 is 9.53 Å². The molecule has 3 heterocycles. The Morgan fingerprint density at radius 2 is 1.90 bits per heavy atom. The first-order valence-corrected chi connectivity index (χ1v) is 10.3. The van der Waals surface area contributed by atoms with Gasteiger partial charge in [0, 0.05) is 50.7 Å². The topological polar surface area (TPSA) is 45.7 Å². The van der Waals surface area contributed by atoms with Gasteiger partial charge < -0.3 is 9.64 Å². The molecule has 2 aliphatic heterocycles. The van der Waals surface area contributed by atoms with Crippen molar-refractivity contribution in [1.29, 1.82) is 0 Å². The van der Waals surface area contributed by atoms with Gasteiger partial charge in [-0.25, -0.2) is 0 Å². The number of para-hydroxylation sites is 1. The van der Waals surface area contributed by atoms with Gasteiger partial charge in [0.1, 0.15) is 5.75 Å². The monoisotopic (exact) mass is 387 g/mol. The zero-order valence-electron chi connectivity index (χ0n) is 16.5. The lowest BCUT2D eigenvalue weighted by molar-refractivity contribution is -0.132. The molecule has 1 saturated heterocycles. The van der Waals surface area contributed by atoms with Crippen molar-refractivity contribution in [2.45, 2.75) is 19.4 Å². The molecule has 2 aliphatic rings. The smallest absolute Gasteiger partial charge is 0.227 e. The second-order valence-corrected chi connectivity index (χ2v) is 7.87. The van der Waals surface area contributed by atoms with Gasteiger partial charge in [0.25, 0.3) is 0 Å². The van der Waals surface area contributed by atoms with Gasteiger partial charge in [-0.2, -0.15) is 0 Å². The molecule has 0 radical (unpaired) electrons. The molecule has 1 aromatic heterocycles. The largest absolute Gasteiger partial charge is 0.493 e. The Balaban J connectivity index is 1.18. The number of fused-ring (bicyclic) bond motifs is 2. The predicted octanol–water partition coefficient (Wildman–Crippen LogP) is 3.06. The summed E-state index contributed by atoms with van der Waals surface area (Å²) in [5, 5.41) is 1.18. The standard InChI is InChI=1S/C24H25N3O2/c28-23(16-18-6-7-22-20(15-18)8-14-29-22)27-12-10-26(11-13-27)17-21-4-1-3-19-5-2-9-25-24(19)21/h1-7,9,15H,8,10-14,16-17H2. The van der Waals surface area contributed by atoms with Crippen molar-refractivity contribution in [3.8, 4) is 5.75 Å². The van der Waals surface area contributed by atoms with Gasteiger partial charge in [-0.05, 0) is 28.8 Å². The molecule has 0 aliphatic carbocycles. The maximum absolute atomic E-state index is 12.8. The summed E-state index contributed by atoms with van der Waals surface area (Å²) in [7, 11) is 0. The van der Waals surface area contributed by atoms with E-state index in [1.807, 2.05) is 29.3 Å². The van der Waals surface area contributed by atoms with Gasteiger partial charge >= 0.3 is 0 Å². The third-order valence-electron chi connectivity index (χ3n) is 5.94. The van der Waals surface area contributed by atoms with Crippen molar-refractivity contribution in [3.05, 3.63) is 71.4 Å². The summed E-state index contributed by atoms with van der Waals surface area (Å²) < 4.78 is 5.56. The van der Waals surface area contributed by atoms with Crippen LogP contribution in [0.5, 0.6) is 5.75 Å². The number of rotatable bonds is 4. The quantitative estimate of drug-likeness (QED) is 0.690. The van der Waals surface area contributed by atoms with E-state index in [4.69, 9.17) is 4.74 Å². The summed E-state index contributed by atoms with van der Waals surface area (Å²) in [6.45, 7) is 4.98. The Kier molecular flexibility index (Phi) is 4.90. The van der Waals surface area contributed by atoms with Gasteiger partial charge in [0.15, 0.2) is 0 Å². The van der Waals surface area contributed by atoms with Crippen LogP contribution in [0.4, 0.5) is 0 Å². The maximum atomic E-state index is 12.8. The Hall–Kier alpha value is -2.92. The van der Waals surface area contributed by atoms with Crippen LogP contribution >= 0.6 is 0 Å². The summed E-state index contributed by atoms with van der Waals surface area (Å²) in [5.41, 5.74) is 4.64. The summed E-state index contributed by atoms with van der Waals surface area (Å²) in [4.78, 5) is 21.8. The highest BCUT2D eigenvalue weighted by molar-refractivity contribution is 5.81. The van der Waals surface area contributed by atoms with Crippen LogP contribution in [0.2, 0.25) is 0 Å². The number of pyridine rings is 1. The predicted molar refractivity (Wildman–Crippen MR) is 113 cm³/mol. The minimum Gasteiger partial charge on any atom is -0.493 e. The zero-order valence-corrected chi connectivity index (χ0v) is 16.5. The van der Waals surface area contributed by atoms with Crippen LogP contribution in [0.15, 0.2) is 54.7 Å². The van der Waals surface area contributed by atoms with E-state index in [1.165, 1.54) is 16.5 Å². The Labute approximate surface area is 170 Å². The maximum Gasteiger partial charge on any atom is 0.227 e. The first kappa shape index (κ1) is 18.1. The number of aromatic nitrogens is 1. The number of carbonyl (C=O) groups is 1. The number of hydrogen-bond donors (Lipinski definition) is 0. The molecule has 2 aromatic carbocycles. The molecule has 0 bridgehead atoms. The van der Waals surface area contributed by atoms with Crippen molar-refractivity contribution in [1.82, 2.24) is 14.8 Å². The summed E-state index contributed by atoms with van der Waals surface area (Å²) >= 11 is 0. The minimum absolute atomic E-state index is 0.218.